The molecule has 0 aliphatic heterocycles. The number of H-pyrrole nitrogens is 2. The van der Waals surface area contributed by atoms with E-state index in [2.05, 4.69) is 20.5 Å². The Morgan fingerprint density at radius 1 is 1.06 bits per heavy atom. The number of hydrazone groups is 1. The first-order chi connectivity index (χ1) is 16.0. The van der Waals surface area contributed by atoms with Gasteiger partial charge in [-0.1, -0.05) is 30.3 Å². The van der Waals surface area contributed by atoms with E-state index >= 15 is 0 Å². The van der Waals surface area contributed by atoms with Gasteiger partial charge in [-0.25, -0.2) is 10.2 Å². The molecule has 0 unspecified atom stereocenters. The highest BCUT2D eigenvalue weighted by molar-refractivity contribution is 5.83. The third-order valence-corrected chi connectivity index (χ3v) is 4.76. The van der Waals surface area contributed by atoms with Crippen molar-refractivity contribution in [3.63, 3.8) is 0 Å². The number of hydrogen-bond donors (Lipinski definition) is 3. The fourth-order valence-corrected chi connectivity index (χ4v) is 3.13. The number of aromatic nitrogens is 2. The van der Waals surface area contributed by atoms with Gasteiger partial charge in [0, 0.05) is 17.7 Å². The predicted molar refractivity (Wildman–Crippen MR) is 125 cm³/mol. The van der Waals surface area contributed by atoms with Crippen LogP contribution in [0.4, 0.5) is 0 Å². The molecule has 3 rings (SSSR count). The van der Waals surface area contributed by atoms with Crippen LogP contribution in [-0.4, -0.2) is 28.7 Å². The Labute approximate surface area is 190 Å². The number of nitrogens with zero attached hydrogens (tertiary/aromatic N) is 1. The summed E-state index contributed by atoms with van der Waals surface area (Å²) in [6.45, 7) is 4.40. The first-order valence-electron chi connectivity index (χ1n) is 10.5. The van der Waals surface area contributed by atoms with Gasteiger partial charge in [-0.3, -0.25) is 14.6 Å². The number of carbonyl (C=O) groups is 1. The number of aromatic amines is 2. The van der Waals surface area contributed by atoms with Gasteiger partial charge in [0.15, 0.2) is 11.5 Å². The Morgan fingerprint density at radius 2 is 1.85 bits per heavy atom. The molecule has 9 heteroatoms. The lowest BCUT2D eigenvalue weighted by atomic mass is 10.1. The van der Waals surface area contributed by atoms with Crippen molar-refractivity contribution in [3.8, 4) is 11.5 Å². The zero-order chi connectivity index (χ0) is 23.6. The van der Waals surface area contributed by atoms with Crippen molar-refractivity contribution in [2.75, 3.05) is 6.61 Å². The number of benzene rings is 2. The minimum atomic E-state index is -0.571. The molecule has 0 bridgehead atoms. The summed E-state index contributed by atoms with van der Waals surface area (Å²) in [6, 6.07) is 15.2. The summed E-state index contributed by atoms with van der Waals surface area (Å²) in [5.74, 6) is 0.837. The van der Waals surface area contributed by atoms with Crippen molar-refractivity contribution < 1.29 is 14.3 Å². The molecule has 9 nitrogen and oxygen atoms in total. The molecule has 1 heterocycles. The molecule has 0 aliphatic carbocycles. The molecule has 0 aliphatic rings. The fraction of sp³-hybridized carbons (Fsp3) is 0.250. The largest absolute Gasteiger partial charge is 0.490 e. The van der Waals surface area contributed by atoms with Crippen molar-refractivity contribution in [3.05, 3.63) is 91.8 Å². The normalized spacial score (nSPS) is 10.8. The minimum Gasteiger partial charge on any atom is -0.490 e. The fourth-order valence-electron chi connectivity index (χ4n) is 3.13. The zero-order valence-corrected chi connectivity index (χ0v) is 18.5. The van der Waals surface area contributed by atoms with Crippen molar-refractivity contribution in [1.82, 2.24) is 15.4 Å². The van der Waals surface area contributed by atoms with Crippen LogP contribution < -0.4 is 26.1 Å². The molecular formula is C24H26N4O5. The van der Waals surface area contributed by atoms with Gasteiger partial charge in [0.2, 0.25) is 5.91 Å². The molecule has 0 saturated carbocycles. The van der Waals surface area contributed by atoms with Crippen LogP contribution >= 0.6 is 0 Å². The average molecular weight is 450 g/mol. The highest BCUT2D eigenvalue weighted by atomic mass is 16.5. The summed E-state index contributed by atoms with van der Waals surface area (Å²) < 4.78 is 11.6. The van der Waals surface area contributed by atoms with Gasteiger partial charge < -0.3 is 14.5 Å². The highest BCUT2D eigenvalue weighted by Gasteiger charge is 2.09. The van der Waals surface area contributed by atoms with E-state index in [-0.39, 0.29) is 18.7 Å². The number of aryl methyl sites for hydroxylation is 1. The van der Waals surface area contributed by atoms with Gasteiger partial charge in [0.25, 0.3) is 5.56 Å². The van der Waals surface area contributed by atoms with Crippen molar-refractivity contribution in [2.24, 2.45) is 5.10 Å². The molecule has 0 saturated heterocycles. The lowest BCUT2D eigenvalue weighted by Crippen LogP contribution is -2.28. The van der Waals surface area contributed by atoms with Crippen LogP contribution in [0.2, 0.25) is 0 Å². The van der Waals surface area contributed by atoms with Gasteiger partial charge in [0.1, 0.15) is 6.61 Å². The van der Waals surface area contributed by atoms with Gasteiger partial charge in [0.05, 0.1) is 12.8 Å². The summed E-state index contributed by atoms with van der Waals surface area (Å²) in [7, 11) is 0. The van der Waals surface area contributed by atoms with Gasteiger partial charge in [-0.05, 0) is 49.6 Å². The van der Waals surface area contributed by atoms with Crippen LogP contribution in [0.3, 0.4) is 0 Å². The Bertz CT molecular complexity index is 1230. The summed E-state index contributed by atoms with van der Waals surface area (Å²) in [5, 5.41) is 3.97. The van der Waals surface area contributed by atoms with E-state index in [1.807, 2.05) is 43.3 Å². The number of ether oxygens (including phenoxy) is 2. The second-order valence-electron chi connectivity index (χ2n) is 7.22. The topological polar surface area (TPSA) is 126 Å². The molecule has 0 radical (unpaired) electrons. The number of carbonyl (C=O) groups excluding carboxylic acids is 1. The maximum Gasteiger partial charge on any atom is 0.325 e. The second kappa shape index (κ2) is 11.5. The quantitative estimate of drug-likeness (QED) is 0.323. The smallest absolute Gasteiger partial charge is 0.325 e. The van der Waals surface area contributed by atoms with E-state index in [9.17, 15) is 14.4 Å². The standard InChI is InChI=1S/C24H26N4O5/c1-3-32-21-13-18(9-11-20(21)33-15-17-7-5-4-6-8-17)14-25-28-22(29)12-10-19-16(2)26-24(31)27-23(19)30/h4-9,11,13-14H,3,10,12,15H2,1-2H3,(H,28,29)(H2,26,27,30,31)/b25-14+. The van der Waals surface area contributed by atoms with E-state index < -0.39 is 11.2 Å². The van der Waals surface area contributed by atoms with Crippen LogP contribution in [0.25, 0.3) is 0 Å². The molecule has 33 heavy (non-hydrogen) atoms. The number of amides is 1. The van der Waals surface area contributed by atoms with Crippen LogP contribution in [0.5, 0.6) is 11.5 Å². The molecule has 0 fully saturated rings. The van der Waals surface area contributed by atoms with Crippen LogP contribution in [-0.2, 0) is 17.8 Å². The third kappa shape index (κ3) is 6.93. The molecule has 3 aromatic rings. The summed E-state index contributed by atoms with van der Waals surface area (Å²) in [6.07, 6.45) is 1.73. The first kappa shape index (κ1) is 23.5. The summed E-state index contributed by atoms with van der Waals surface area (Å²) >= 11 is 0. The van der Waals surface area contributed by atoms with E-state index in [4.69, 9.17) is 9.47 Å². The van der Waals surface area contributed by atoms with E-state index in [1.54, 1.807) is 19.1 Å². The highest BCUT2D eigenvalue weighted by Crippen LogP contribution is 2.28. The Morgan fingerprint density at radius 3 is 2.58 bits per heavy atom. The van der Waals surface area contributed by atoms with Gasteiger partial charge >= 0.3 is 5.69 Å². The molecular weight excluding hydrogens is 424 g/mol. The SMILES string of the molecule is CCOc1cc(/C=N/NC(=O)CCc2c(C)[nH]c(=O)[nH]c2=O)ccc1OCc1ccccc1. The zero-order valence-electron chi connectivity index (χ0n) is 18.5. The third-order valence-electron chi connectivity index (χ3n) is 4.76. The monoisotopic (exact) mass is 450 g/mol. The number of rotatable bonds is 10. The lowest BCUT2D eigenvalue weighted by Gasteiger charge is -2.12. The molecule has 2 aromatic carbocycles. The van der Waals surface area contributed by atoms with Crippen molar-refractivity contribution in [2.45, 2.75) is 33.3 Å². The Hall–Kier alpha value is -4.14. The molecule has 0 atom stereocenters. The van der Waals surface area contributed by atoms with Crippen LogP contribution in [0, 0.1) is 6.92 Å². The molecule has 3 N–H and O–H groups in total. The average Bonchev–Trinajstić information content (AvgIpc) is 2.79. The maximum atomic E-state index is 12.1. The minimum absolute atomic E-state index is 0.0454. The van der Waals surface area contributed by atoms with E-state index in [0.717, 1.165) is 11.1 Å². The summed E-state index contributed by atoms with van der Waals surface area (Å²) in [4.78, 5) is 39.8. The maximum absolute atomic E-state index is 12.1. The van der Waals surface area contributed by atoms with E-state index in [0.29, 0.717) is 36.0 Å². The van der Waals surface area contributed by atoms with Crippen LogP contribution in [0.1, 0.15) is 35.7 Å². The van der Waals surface area contributed by atoms with Gasteiger partial charge in [-0.2, -0.15) is 5.10 Å². The van der Waals surface area contributed by atoms with Gasteiger partial charge in [-0.15, -0.1) is 0 Å². The number of hydrogen-bond acceptors (Lipinski definition) is 6. The lowest BCUT2D eigenvalue weighted by molar-refractivity contribution is -0.121. The summed E-state index contributed by atoms with van der Waals surface area (Å²) in [5.41, 5.74) is 3.95. The predicted octanol–water partition coefficient (Wildman–Crippen LogP) is 2.43. The Balaban J connectivity index is 1.57. The van der Waals surface area contributed by atoms with Crippen molar-refractivity contribution >= 4 is 12.1 Å². The molecule has 0 spiro atoms. The van der Waals surface area contributed by atoms with Crippen molar-refractivity contribution in [1.29, 1.82) is 0 Å². The van der Waals surface area contributed by atoms with E-state index in [1.165, 1.54) is 6.21 Å². The second-order valence-corrected chi connectivity index (χ2v) is 7.22. The molecule has 172 valence electrons. The Kier molecular flexibility index (Phi) is 8.18. The molecule has 1 amide bonds. The number of nitrogens with one attached hydrogen (secondary N) is 3. The molecule has 1 aromatic heterocycles. The first-order valence-corrected chi connectivity index (χ1v) is 10.5. The van der Waals surface area contributed by atoms with Crippen LogP contribution in [0.15, 0.2) is 63.2 Å².